The summed E-state index contributed by atoms with van der Waals surface area (Å²) in [5.74, 6) is 0.870. The summed E-state index contributed by atoms with van der Waals surface area (Å²) >= 11 is 5.23. The van der Waals surface area contributed by atoms with Gasteiger partial charge in [0.25, 0.3) is 0 Å². The molecule has 6 heteroatoms. The first-order chi connectivity index (χ1) is 11.2. The third kappa shape index (κ3) is 4.48. The minimum absolute atomic E-state index is 0.427. The van der Waals surface area contributed by atoms with Crippen LogP contribution in [-0.4, -0.2) is 32.1 Å². The molecule has 2 heterocycles. The Morgan fingerprint density at radius 2 is 2.22 bits per heavy atom. The molecule has 122 valence electrons. The van der Waals surface area contributed by atoms with Crippen LogP contribution in [0.2, 0.25) is 0 Å². The fraction of sp³-hybridized carbons (Fsp3) is 0.353. The third-order valence-corrected chi connectivity index (χ3v) is 5.62. The van der Waals surface area contributed by atoms with Gasteiger partial charge in [-0.25, -0.2) is 0 Å². The van der Waals surface area contributed by atoms with Crippen LogP contribution in [0.3, 0.4) is 0 Å². The summed E-state index contributed by atoms with van der Waals surface area (Å²) in [6.45, 7) is 2.89. The molecular weight excluding hydrogens is 372 g/mol. The van der Waals surface area contributed by atoms with Crippen LogP contribution in [0.15, 0.2) is 51.2 Å². The maximum absolute atomic E-state index is 4.34. The highest BCUT2D eigenvalue weighted by Crippen LogP contribution is 2.20. The molecule has 1 aliphatic heterocycles. The summed E-state index contributed by atoms with van der Waals surface area (Å²) in [7, 11) is 1.82. The van der Waals surface area contributed by atoms with E-state index in [1.54, 1.807) is 11.3 Å². The monoisotopic (exact) mass is 392 g/mol. The van der Waals surface area contributed by atoms with Gasteiger partial charge in [0.05, 0.1) is 6.54 Å². The maximum atomic E-state index is 4.34. The highest BCUT2D eigenvalue weighted by molar-refractivity contribution is 9.10. The summed E-state index contributed by atoms with van der Waals surface area (Å²) in [5, 5.41) is 9.02. The van der Waals surface area contributed by atoms with Gasteiger partial charge in [0.1, 0.15) is 0 Å². The molecule has 1 unspecified atom stereocenters. The molecule has 2 aromatic rings. The lowest BCUT2D eigenvalue weighted by atomic mass is 10.3. The number of thiophene rings is 1. The van der Waals surface area contributed by atoms with E-state index in [-0.39, 0.29) is 0 Å². The van der Waals surface area contributed by atoms with E-state index in [0.29, 0.717) is 6.04 Å². The highest BCUT2D eigenvalue weighted by Gasteiger charge is 2.23. The summed E-state index contributed by atoms with van der Waals surface area (Å²) in [4.78, 5) is 8.05. The molecule has 0 radical (unpaired) electrons. The van der Waals surface area contributed by atoms with Crippen LogP contribution in [0.5, 0.6) is 0 Å². The Balaban J connectivity index is 1.50. The first-order valence-corrected chi connectivity index (χ1v) is 9.42. The van der Waals surface area contributed by atoms with Gasteiger partial charge in [0, 0.05) is 46.6 Å². The van der Waals surface area contributed by atoms with Crippen molar-refractivity contribution in [2.45, 2.75) is 19.0 Å². The number of guanidine groups is 1. The minimum atomic E-state index is 0.427. The fourth-order valence-electron chi connectivity index (χ4n) is 2.76. The Labute approximate surface area is 149 Å². The molecule has 1 atom stereocenters. The Hall–Kier alpha value is -1.53. The number of hydrogen-bond donors (Lipinski definition) is 2. The van der Waals surface area contributed by atoms with Crippen LogP contribution >= 0.6 is 27.3 Å². The molecule has 2 N–H and O–H groups in total. The number of halogens is 1. The lowest BCUT2D eigenvalue weighted by Gasteiger charge is -2.20. The molecule has 1 fully saturated rings. The predicted octanol–water partition coefficient (Wildman–Crippen LogP) is 3.45. The largest absolute Gasteiger partial charge is 0.369 e. The van der Waals surface area contributed by atoms with Crippen molar-refractivity contribution < 1.29 is 0 Å². The number of hydrogen-bond acceptors (Lipinski definition) is 3. The van der Waals surface area contributed by atoms with Crippen LogP contribution in [0.25, 0.3) is 0 Å². The molecule has 1 aliphatic rings. The highest BCUT2D eigenvalue weighted by atomic mass is 79.9. The number of nitrogens with one attached hydrogen (secondary N) is 2. The zero-order valence-electron chi connectivity index (χ0n) is 13.1. The first kappa shape index (κ1) is 16.3. The van der Waals surface area contributed by atoms with Crippen molar-refractivity contribution in [3.05, 3.63) is 51.1 Å². The summed E-state index contributed by atoms with van der Waals surface area (Å²) in [6.07, 6.45) is 1.13. The van der Waals surface area contributed by atoms with Gasteiger partial charge < -0.3 is 15.5 Å². The van der Waals surface area contributed by atoms with Crippen LogP contribution < -0.4 is 15.5 Å². The fourth-order valence-corrected chi connectivity index (χ4v) is 4.15. The third-order valence-electron chi connectivity index (χ3n) is 3.93. The number of benzene rings is 1. The number of rotatable bonds is 4. The SMILES string of the molecule is CN=C(NCc1cc(Br)cs1)NC1CCN(c2ccccc2)C1. The van der Waals surface area contributed by atoms with Crippen LogP contribution in [0, 0.1) is 0 Å². The molecule has 1 aromatic carbocycles. The average Bonchev–Trinajstić information content (AvgIpc) is 3.21. The van der Waals surface area contributed by atoms with Crippen molar-refractivity contribution in [2.75, 3.05) is 25.0 Å². The zero-order valence-corrected chi connectivity index (χ0v) is 15.5. The molecule has 1 saturated heterocycles. The summed E-state index contributed by atoms with van der Waals surface area (Å²) in [6, 6.07) is 13.2. The van der Waals surface area contributed by atoms with Crippen LogP contribution in [0.4, 0.5) is 5.69 Å². The molecule has 0 spiro atoms. The molecule has 0 saturated carbocycles. The normalized spacial score (nSPS) is 18.3. The summed E-state index contributed by atoms with van der Waals surface area (Å²) in [5.41, 5.74) is 1.29. The quantitative estimate of drug-likeness (QED) is 0.618. The van der Waals surface area contributed by atoms with E-state index < -0.39 is 0 Å². The van der Waals surface area contributed by atoms with E-state index in [9.17, 15) is 0 Å². The van der Waals surface area contributed by atoms with Gasteiger partial charge in [0.15, 0.2) is 5.96 Å². The lowest BCUT2D eigenvalue weighted by Crippen LogP contribution is -2.44. The molecule has 3 rings (SSSR count). The Kier molecular flexibility index (Phi) is 5.56. The zero-order chi connectivity index (χ0) is 16.1. The molecule has 23 heavy (non-hydrogen) atoms. The van der Waals surface area contributed by atoms with Crippen molar-refractivity contribution >= 4 is 38.9 Å². The van der Waals surface area contributed by atoms with E-state index in [0.717, 1.165) is 36.5 Å². The van der Waals surface area contributed by atoms with Gasteiger partial charge in [-0.05, 0) is 40.5 Å². The molecule has 0 aliphatic carbocycles. The second-order valence-electron chi connectivity index (χ2n) is 5.57. The van der Waals surface area contributed by atoms with E-state index in [1.165, 1.54) is 10.6 Å². The van der Waals surface area contributed by atoms with Crippen molar-refractivity contribution in [1.29, 1.82) is 0 Å². The maximum Gasteiger partial charge on any atom is 0.191 e. The van der Waals surface area contributed by atoms with Gasteiger partial charge in [-0.1, -0.05) is 18.2 Å². The first-order valence-electron chi connectivity index (χ1n) is 7.74. The molecule has 0 bridgehead atoms. The van der Waals surface area contributed by atoms with Crippen molar-refractivity contribution in [3.63, 3.8) is 0 Å². The Morgan fingerprint density at radius 3 is 2.91 bits per heavy atom. The van der Waals surface area contributed by atoms with Gasteiger partial charge >= 0.3 is 0 Å². The second-order valence-corrected chi connectivity index (χ2v) is 7.48. The van der Waals surface area contributed by atoms with E-state index in [2.05, 4.69) is 78.2 Å². The number of anilines is 1. The minimum Gasteiger partial charge on any atom is -0.369 e. The van der Waals surface area contributed by atoms with E-state index >= 15 is 0 Å². The predicted molar refractivity (Wildman–Crippen MR) is 102 cm³/mol. The molecule has 4 nitrogen and oxygen atoms in total. The Bertz CT molecular complexity index is 656. The molecule has 0 amide bonds. The number of nitrogens with zero attached hydrogens (tertiary/aromatic N) is 2. The van der Waals surface area contributed by atoms with Crippen LogP contribution in [0.1, 0.15) is 11.3 Å². The van der Waals surface area contributed by atoms with E-state index in [4.69, 9.17) is 0 Å². The van der Waals surface area contributed by atoms with E-state index in [1.807, 2.05) is 7.05 Å². The molecule has 1 aromatic heterocycles. The summed E-state index contributed by atoms with van der Waals surface area (Å²) < 4.78 is 1.14. The van der Waals surface area contributed by atoms with Gasteiger partial charge in [-0.2, -0.15) is 0 Å². The standard InChI is InChI=1S/C17H21BrN4S/c1-19-17(20-10-16-9-13(18)12-23-16)21-14-7-8-22(11-14)15-5-3-2-4-6-15/h2-6,9,12,14H,7-8,10-11H2,1H3,(H2,19,20,21). The number of aliphatic imine (C=N–C) groups is 1. The van der Waals surface area contributed by atoms with Gasteiger partial charge in [-0.3, -0.25) is 4.99 Å². The van der Waals surface area contributed by atoms with Crippen molar-refractivity contribution in [2.24, 2.45) is 4.99 Å². The second kappa shape index (κ2) is 7.84. The van der Waals surface area contributed by atoms with Crippen molar-refractivity contribution in [1.82, 2.24) is 10.6 Å². The average molecular weight is 393 g/mol. The lowest BCUT2D eigenvalue weighted by molar-refractivity contribution is 0.649. The Morgan fingerprint density at radius 1 is 1.39 bits per heavy atom. The van der Waals surface area contributed by atoms with Crippen molar-refractivity contribution in [3.8, 4) is 0 Å². The van der Waals surface area contributed by atoms with Gasteiger partial charge in [-0.15, -0.1) is 11.3 Å². The number of para-hydroxylation sites is 1. The topological polar surface area (TPSA) is 39.7 Å². The van der Waals surface area contributed by atoms with Gasteiger partial charge in [0.2, 0.25) is 0 Å². The van der Waals surface area contributed by atoms with Crippen LogP contribution in [-0.2, 0) is 6.54 Å². The molecular formula is C17H21BrN4S. The smallest absolute Gasteiger partial charge is 0.191 e.